The van der Waals surface area contributed by atoms with Gasteiger partial charge in [-0.05, 0) is 18.9 Å². The van der Waals surface area contributed by atoms with Crippen molar-refractivity contribution in [3.8, 4) is 0 Å². The normalized spacial score (nSPS) is 20.8. The van der Waals surface area contributed by atoms with Gasteiger partial charge in [-0.3, -0.25) is 4.79 Å². The molecule has 1 fully saturated rings. The quantitative estimate of drug-likeness (QED) is 0.586. The smallest absolute Gasteiger partial charge is 0.159 e. The van der Waals surface area contributed by atoms with E-state index in [0.29, 0.717) is 0 Å². The topological polar surface area (TPSA) is 17.1 Å². The largest absolute Gasteiger partial charge is 0.295 e. The summed E-state index contributed by atoms with van der Waals surface area (Å²) in [5.74, 6) is 0.471. The zero-order valence-electron chi connectivity index (χ0n) is 6.55. The van der Waals surface area contributed by atoms with Gasteiger partial charge in [-0.25, -0.2) is 0 Å². The Balaban J connectivity index is 2.38. The molecule has 1 aliphatic rings. The van der Waals surface area contributed by atoms with Crippen LogP contribution in [0.15, 0.2) is 11.6 Å². The Morgan fingerprint density at radius 1 is 1.27 bits per heavy atom. The van der Waals surface area contributed by atoms with Gasteiger partial charge >= 0.3 is 0 Å². The van der Waals surface area contributed by atoms with Gasteiger partial charge < -0.3 is 0 Å². The highest BCUT2D eigenvalue weighted by Gasteiger charge is 2.18. The Morgan fingerprint density at radius 2 is 1.91 bits per heavy atom. The minimum Gasteiger partial charge on any atom is -0.295 e. The van der Waals surface area contributed by atoms with Crippen LogP contribution in [0.5, 0.6) is 0 Å². The van der Waals surface area contributed by atoms with Crippen LogP contribution in [0.25, 0.3) is 0 Å². The molecule has 1 rings (SSSR count). The van der Waals surface area contributed by atoms with Gasteiger partial charge in [0.2, 0.25) is 0 Å². The number of rotatable bonds is 2. The average Bonchev–Trinajstić information content (AvgIpc) is 2.07. The van der Waals surface area contributed by atoms with Crippen molar-refractivity contribution in [2.24, 2.45) is 5.92 Å². The summed E-state index contributed by atoms with van der Waals surface area (Å²) in [5, 5.41) is 0. The van der Waals surface area contributed by atoms with E-state index in [-0.39, 0.29) is 11.7 Å². The third-order valence-corrected chi connectivity index (χ3v) is 2.36. The van der Waals surface area contributed by atoms with E-state index in [1.165, 1.54) is 30.9 Å². The first-order chi connectivity index (χ1) is 5.34. The molecule has 0 unspecified atom stereocenters. The maximum absolute atomic E-state index is 11.2. The molecule has 1 nitrogen and oxygen atoms in total. The van der Waals surface area contributed by atoms with Crippen LogP contribution in [-0.2, 0) is 4.79 Å². The summed E-state index contributed by atoms with van der Waals surface area (Å²) < 4.78 is 0. The fourth-order valence-electron chi connectivity index (χ4n) is 1.59. The van der Waals surface area contributed by atoms with Crippen LogP contribution in [0.4, 0.5) is 0 Å². The highest BCUT2D eigenvalue weighted by molar-refractivity contribution is 6.26. The Hall–Kier alpha value is -0.300. The van der Waals surface area contributed by atoms with E-state index in [2.05, 4.69) is 0 Å². The van der Waals surface area contributed by atoms with Crippen molar-refractivity contribution >= 4 is 17.4 Å². The summed E-state index contributed by atoms with van der Waals surface area (Å²) in [6.07, 6.45) is 7.28. The number of carbonyl (C=O) groups is 1. The van der Waals surface area contributed by atoms with E-state index >= 15 is 0 Å². The van der Waals surface area contributed by atoms with Crippen LogP contribution in [-0.4, -0.2) is 5.78 Å². The van der Waals surface area contributed by atoms with Crippen molar-refractivity contribution in [2.75, 3.05) is 0 Å². The summed E-state index contributed by atoms with van der Waals surface area (Å²) in [5.41, 5.74) is 1.32. The Labute approximate surface area is 72.4 Å². The van der Waals surface area contributed by atoms with Crippen molar-refractivity contribution in [3.05, 3.63) is 11.6 Å². The van der Waals surface area contributed by atoms with Gasteiger partial charge in [0.25, 0.3) is 0 Å². The van der Waals surface area contributed by atoms with Gasteiger partial charge in [0.1, 0.15) is 0 Å². The number of hydrogen-bond donors (Lipinski definition) is 0. The molecule has 0 aliphatic heterocycles. The van der Waals surface area contributed by atoms with E-state index in [0.717, 1.165) is 12.8 Å². The van der Waals surface area contributed by atoms with Gasteiger partial charge in [-0.2, -0.15) is 0 Å². The predicted octanol–water partition coefficient (Wildman–Crippen LogP) is 2.89. The molecule has 11 heavy (non-hydrogen) atoms. The van der Waals surface area contributed by atoms with Crippen LogP contribution >= 0.6 is 11.6 Å². The molecule has 2 heteroatoms. The van der Waals surface area contributed by atoms with Crippen molar-refractivity contribution in [1.82, 2.24) is 0 Å². The number of carbonyl (C=O) groups excluding carboxylic acids is 1. The van der Waals surface area contributed by atoms with Crippen LogP contribution in [0.2, 0.25) is 0 Å². The van der Waals surface area contributed by atoms with Gasteiger partial charge in [-0.15, -0.1) is 0 Å². The van der Waals surface area contributed by atoms with E-state index in [1.54, 1.807) is 0 Å². The summed E-state index contributed by atoms with van der Waals surface area (Å²) in [7, 11) is 0. The lowest BCUT2D eigenvalue weighted by Gasteiger charge is -2.18. The average molecular weight is 173 g/mol. The zero-order valence-corrected chi connectivity index (χ0v) is 7.31. The second-order valence-electron chi connectivity index (χ2n) is 3.03. The van der Waals surface area contributed by atoms with Crippen LogP contribution in [0.3, 0.4) is 0 Å². The van der Waals surface area contributed by atoms with Gasteiger partial charge in [-0.1, -0.05) is 30.9 Å². The van der Waals surface area contributed by atoms with E-state index in [4.69, 9.17) is 11.6 Å². The van der Waals surface area contributed by atoms with Crippen LogP contribution < -0.4 is 0 Å². The molecule has 0 aromatic heterocycles. The molecule has 0 bridgehead atoms. The third-order valence-electron chi connectivity index (χ3n) is 2.23. The fourth-order valence-corrected chi connectivity index (χ4v) is 1.71. The number of halogens is 1. The van der Waals surface area contributed by atoms with Gasteiger partial charge in [0.15, 0.2) is 5.78 Å². The van der Waals surface area contributed by atoms with E-state index in [9.17, 15) is 4.79 Å². The third kappa shape index (κ3) is 2.66. The first-order valence-electron chi connectivity index (χ1n) is 4.15. The molecular weight excluding hydrogens is 160 g/mol. The maximum atomic E-state index is 11.2. The number of allylic oxidation sites excluding steroid dienone is 1. The van der Waals surface area contributed by atoms with Crippen molar-refractivity contribution in [1.29, 1.82) is 0 Å². The molecule has 0 spiro atoms. The highest BCUT2D eigenvalue weighted by Crippen LogP contribution is 2.24. The monoisotopic (exact) mass is 172 g/mol. The summed E-state index contributed by atoms with van der Waals surface area (Å²) in [6.45, 7) is 0. The van der Waals surface area contributed by atoms with Crippen LogP contribution in [0, 0.1) is 5.92 Å². The molecule has 0 aromatic carbocycles. The predicted molar refractivity (Wildman–Crippen MR) is 46.6 cm³/mol. The van der Waals surface area contributed by atoms with Gasteiger partial charge in [0, 0.05) is 11.5 Å². The minimum atomic E-state index is 0.208. The van der Waals surface area contributed by atoms with Gasteiger partial charge in [0.05, 0.1) is 0 Å². The summed E-state index contributed by atoms with van der Waals surface area (Å²) in [4.78, 5) is 11.2. The number of ketones is 1. The standard InChI is InChI=1S/C9H13ClO/c10-7-6-9(11)8-4-2-1-3-5-8/h6-8H,1-5H2/b7-6+. The van der Waals surface area contributed by atoms with E-state index < -0.39 is 0 Å². The fraction of sp³-hybridized carbons (Fsp3) is 0.667. The molecular formula is C9H13ClO. The first kappa shape index (κ1) is 8.79. The first-order valence-corrected chi connectivity index (χ1v) is 4.59. The lowest BCUT2D eigenvalue weighted by Crippen LogP contribution is -2.15. The molecule has 0 heterocycles. The molecule has 0 atom stereocenters. The Bertz CT molecular complexity index is 157. The molecule has 0 saturated heterocycles. The summed E-state index contributed by atoms with van der Waals surface area (Å²) in [6, 6.07) is 0. The molecule has 62 valence electrons. The lowest BCUT2D eigenvalue weighted by atomic mass is 9.86. The molecule has 1 aliphatic carbocycles. The van der Waals surface area contributed by atoms with Crippen molar-refractivity contribution < 1.29 is 4.79 Å². The van der Waals surface area contributed by atoms with Crippen molar-refractivity contribution in [2.45, 2.75) is 32.1 Å². The van der Waals surface area contributed by atoms with Crippen molar-refractivity contribution in [3.63, 3.8) is 0 Å². The van der Waals surface area contributed by atoms with E-state index in [1.807, 2.05) is 0 Å². The molecule has 0 aromatic rings. The maximum Gasteiger partial charge on any atom is 0.159 e. The molecule has 0 radical (unpaired) electrons. The zero-order chi connectivity index (χ0) is 8.10. The summed E-state index contributed by atoms with van der Waals surface area (Å²) >= 11 is 5.31. The SMILES string of the molecule is O=C(/C=C/Cl)C1CCCCC1. The Morgan fingerprint density at radius 3 is 2.45 bits per heavy atom. The number of hydrogen-bond acceptors (Lipinski definition) is 1. The molecule has 0 N–H and O–H groups in total. The highest BCUT2D eigenvalue weighted by atomic mass is 35.5. The molecule has 0 amide bonds. The minimum absolute atomic E-state index is 0.208. The second-order valence-corrected chi connectivity index (χ2v) is 3.28. The Kier molecular flexibility index (Phi) is 3.64. The molecule has 1 saturated carbocycles. The van der Waals surface area contributed by atoms with Crippen LogP contribution in [0.1, 0.15) is 32.1 Å². The lowest BCUT2D eigenvalue weighted by molar-refractivity contribution is -0.119. The second kappa shape index (κ2) is 4.55.